The molecule has 9 nitrogen and oxygen atoms in total. The number of nitrogens with one attached hydrogen (secondary N) is 1. The summed E-state index contributed by atoms with van der Waals surface area (Å²) in [5, 5.41) is 22.7. The lowest BCUT2D eigenvalue weighted by Crippen LogP contribution is -2.47. The van der Waals surface area contributed by atoms with Crippen LogP contribution in [0.4, 0.5) is 11.5 Å². The predicted octanol–water partition coefficient (Wildman–Crippen LogP) is 3.60. The van der Waals surface area contributed by atoms with Gasteiger partial charge in [-0.15, -0.1) is 0 Å². The molecule has 190 valence electrons. The maximum atomic E-state index is 9.83. The lowest BCUT2D eigenvalue weighted by Gasteiger charge is -2.35. The van der Waals surface area contributed by atoms with E-state index in [0.29, 0.717) is 34.6 Å². The van der Waals surface area contributed by atoms with E-state index in [1.165, 1.54) is 0 Å². The van der Waals surface area contributed by atoms with Crippen LogP contribution in [-0.2, 0) is 0 Å². The fraction of sp³-hybridized carbons (Fsp3) is 0.296. The highest BCUT2D eigenvalue weighted by atomic mass is 35.5. The van der Waals surface area contributed by atoms with Crippen LogP contribution in [0.3, 0.4) is 0 Å². The van der Waals surface area contributed by atoms with E-state index in [1.807, 2.05) is 55.5 Å². The summed E-state index contributed by atoms with van der Waals surface area (Å²) >= 11 is 6.50. The van der Waals surface area contributed by atoms with Crippen LogP contribution in [0.5, 0.6) is 11.6 Å². The first kappa shape index (κ1) is 24.8. The number of nitrogens with two attached hydrogens (primary N) is 1. The number of piperazine rings is 1. The Balaban J connectivity index is 1.41. The van der Waals surface area contributed by atoms with E-state index in [0.717, 1.165) is 48.8 Å². The summed E-state index contributed by atoms with van der Waals surface area (Å²) in [6.07, 6.45) is 0. The molecule has 1 fully saturated rings. The third-order valence-corrected chi connectivity index (χ3v) is 7.00. The van der Waals surface area contributed by atoms with Crippen molar-refractivity contribution in [1.29, 1.82) is 5.26 Å². The minimum atomic E-state index is -0.388. The van der Waals surface area contributed by atoms with Crippen molar-refractivity contribution in [2.24, 2.45) is 5.73 Å². The van der Waals surface area contributed by atoms with Crippen LogP contribution < -0.4 is 20.7 Å². The Bertz CT molecular complexity index is 1380. The number of ether oxygens (including phenoxy) is 1. The minimum Gasteiger partial charge on any atom is -0.439 e. The van der Waals surface area contributed by atoms with Gasteiger partial charge in [-0.05, 0) is 30.2 Å². The number of nitriles is 1. The van der Waals surface area contributed by atoms with Crippen LogP contribution in [-0.4, -0.2) is 59.3 Å². The van der Waals surface area contributed by atoms with Crippen molar-refractivity contribution in [2.75, 3.05) is 49.5 Å². The zero-order valence-electron chi connectivity index (χ0n) is 20.5. The molecule has 2 aliphatic rings. The Morgan fingerprint density at radius 1 is 1.14 bits per heavy atom. The number of aliphatic hydroxyl groups is 1. The quantitative estimate of drug-likeness (QED) is 0.450. The van der Waals surface area contributed by atoms with Crippen LogP contribution in [0.2, 0.25) is 5.02 Å². The molecule has 0 aliphatic carbocycles. The first-order valence-electron chi connectivity index (χ1n) is 12.1. The van der Waals surface area contributed by atoms with Gasteiger partial charge in [0.2, 0.25) is 5.88 Å². The molecular weight excluding hydrogens is 490 g/mol. The van der Waals surface area contributed by atoms with Gasteiger partial charge >= 0.3 is 0 Å². The monoisotopic (exact) mass is 517 g/mol. The van der Waals surface area contributed by atoms with Crippen LogP contribution >= 0.6 is 11.6 Å². The number of aliphatic hydroxyl groups excluding tert-OH is 1. The first-order chi connectivity index (χ1) is 18.0. The van der Waals surface area contributed by atoms with Gasteiger partial charge < -0.3 is 25.8 Å². The molecule has 1 unspecified atom stereocenters. The van der Waals surface area contributed by atoms with Crippen molar-refractivity contribution in [3.05, 3.63) is 81.9 Å². The van der Waals surface area contributed by atoms with Crippen LogP contribution in [0.15, 0.2) is 59.9 Å². The standard InChI is InChI=1S/C27H28ClN7O2/c1-17-31-24(35-10-8-34(9-11-35)12-13-36)15-25(32-17)37-18-6-7-20-23(14-18)33-27(30)21(16-29)26(20)19-4-2-3-5-22(19)28/h2-7,14-15,26,33,36H,8-13,30H2,1H3. The van der Waals surface area contributed by atoms with Gasteiger partial charge in [0.15, 0.2) is 0 Å². The zero-order chi connectivity index (χ0) is 25.9. The van der Waals surface area contributed by atoms with Gasteiger partial charge in [-0.3, -0.25) is 4.90 Å². The SMILES string of the molecule is Cc1nc(Oc2ccc3c(c2)NC(N)=C(C#N)C3c2ccccc2Cl)cc(N2CCN(CCO)CC2)n1. The van der Waals surface area contributed by atoms with Crippen molar-refractivity contribution in [2.45, 2.75) is 12.8 Å². The van der Waals surface area contributed by atoms with Gasteiger partial charge in [-0.25, -0.2) is 4.98 Å². The predicted molar refractivity (Wildman–Crippen MR) is 143 cm³/mol. The molecular formula is C27H28ClN7O2. The molecule has 0 saturated carbocycles. The molecule has 3 heterocycles. The molecule has 0 bridgehead atoms. The average molecular weight is 518 g/mol. The number of aryl methyl sites for hydroxylation is 1. The number of halogens is 1. The fourth-order valence-corrected chi connectivity index (χ4v) is 5.09. The Morgan fingerprint density at radius 3 is 2.65 bits per heavy atom. The number of hydrogen-bond acceptors (Lipinski definition) is 9. The van der Waals surface area contributed by atoms with Gasteiger partial charge in [-0.1, -0.05) is 35.9 Å². The van der Waals surface area contributed by atoms with Crippen molar-refractivity contribution in [3.63, 3.8) is 0 Å². The summed E-state index contributed by atoms with van der Waals surface area (Å²) < 4.78 is 6.16. The number of rotatable bonds is 6. The van der Waals surface area contributed by atoms with Crippen LogP contribution in [0, 0.1) is 18.3 Å². The number of nitrogens with zero attached hydrogens (tertiary/aromatic N) is 5. The summed E-state index contributed by atoms with van der Waals surface area (Å²) in [5.74, 6) is 2.35. The summed E-state index contributed by atoms with van der Waals surface area (Å²) in [5.41, 5.74) is 9.11. The molecule has 0 amide bonds. The first-order valence-corrected chi connectivity index (χ1v) is 12.5. The highest BCUT2D eigenvalue weighted by Gasteiger charge is 2.30. The second-order valence-electron chi connectivity index (χ2n) is 9.03. The van der Waals surface area contributed by atoms with Crippen molar-refractivity contribution >= 4 is 23.1 Å². The second kappa shape index (κ2) is 10.6. The third-order valence-electron chi connectivity index (χ3n) is 6.66. The number of hydrogen-bond donors (Lipinski definition) is 3. The van der Waals surface area contributed by atoms with Gasteiger partial charge in [-0.2, -0.15) is 10.2 Å². The van der Waals surface area contributed by atoms with E-state index in [-0.39, 0.29) is 18.3 Å². The smallest absolute Gasteiger partial charge is 0.224 e. The number of aromatic nitrogens is 2. The van der Waals surface area contributed by atoms with E-state index in [2.05, 4.69) is 31.2 Å². The molecule has 2 aliphatic heterocycles. The highest BCUT2D eigenvalue weighted by molar-refractivity contribution is 6.31. The van der Waals surface area contributed by atoms with Gasteiger partial charge in [0.05, 0.1) is 24.2 Å². The van der Waals surface area contributed by atoms with Crippen LogP contribution in [0.25, 0.3) is 0 Å². The molecule has 2 aromatic carbocycles. The largest absolute Gasteiger partial charge is 0.439 e. The lowest BCUT2D eigenvalue weighted by molar-refractivity contribution is 0.188. The Hall–Kier alpha value is -3.84. The zero-order valence-corrected chi connectivity index (χ0v) is 21.2. The van der Waals surface area contributed by atoms with E-state index < -0.39 is 0 Å². The number of fused-ring (bicyclic) bond motifs is 1. The molecule has 1 aromatic heterocycles. The summed E-state index contributed by atoms with van der Waals surface area (Å²) in [6, 6.07) is 17.2. The maximum absolute atomic E-state index is 9.83. The minimum absolute atomic E-state index is 0.165. The fourth-order valence-electron chi connectivity index (χ4n) is 4.84. The average Bonchev–Trinajstić information content (AvgIpc) is 2.88. The summed E-state index contributed by atoms with van der Waals surface area (Å²) in [7, 11) is 0. The van der Waals surface area contributed by atoms with Crippen molar-refractivity contribution in [3.8, 4) is 17.7 Å². The number of benzene rings is 2. The highest BCUT2D eigenvalue weighted by Crippen LogP contribution is 2.44. The molecule has 10 heteroatoms. The Labute approximate surface area is 220 Å². The van der Waals surface area contributed by atoms with Gasteiger partial charge in [0, 0.05) is 55.6 Å². The van der Waals surface area contributed by atoms with Gasteiger partial charge in [0.25, 0.3) is 0 Å². The number of β-amino-alcohol motifs (C(OH)–C–C–N with tert-alkyl or cyclic N) is 1. The lowest BCUT2D eigenvalue weighted by atomic mass is 9.82. The molecule has 4 N–H and O–H groups in total. The topological polar surface area (TPSA) is 124 Å². The number of allylic oxidation sites excluding steroid dienone is 1. The van der Waals surface area contributed by atoms with E-state index in [1.54, 1.807) is 0 Å². The second-order valence-corrected chi connectivity index (χ2v) is 9.44. The van der Waals surface area contributed by atoms with E-state index >= 15 is 0 Å². The molecule has 0 spiro atoms. The number of anilines is 2. The van der Waals surface area contributed by atoms with E-state index in [9.17, 15) is 10.4 Å². The third kappa shape index (κ3) is 5.18. The molecule has 5 rings (SSSR count). The molecule has 1 saturated heterocycles. The van der Waals surface area contributed by atoms with Gasteiger partial charge in [0.1, 0.15) is 23.2 Å². The van der Waals surface area contributed by atoms with Crippen molar-refractivity contribution in [1.82, 2.24) is 14.9 Å². The Morgan fingerprint density at radius 2 is 1.92 bits per heavy atom. The molecule has 0 radical (unpaired) electrons. The van der Waals surface area contributed by atoms with E-state index in [4.69, 9.17) is 22.1 Å². The van der Waals surface area contributed by atoms with Crippen molar-refractivity contribution < 1.29 is 9.84 Å². The summed E-state index contributed by atoms with van der Waals surface area (Å²) in [6.45, 7) is 6.05. The van der Waals surface area contributed by atoms with Crippen LogP contribution in [0.1, 0.15) is 22.9 Å². The Kier molecular flexibility index (Phi) is 7.15. The maximum Gasteiger partial charge on any atom is 0.224 e. The molecule has 1 atom stereocenters. The molecule has 37 heavy (non-hydrogen) atoms. The molecule has 3 aromatic rings. The summed E-state index contributed by atoms with van der Waals surface area (Å²) in [4.78, 5) is 13.5. The normalized spacial score (nSPS) is 17.7.